The molecule has 1 rings (SSSR count). The average Bonchev–Trinajstić information content (AvgIpc) is 2.27. The largest absolute Gasteiger partial charge is 0.481 e. The molecule has 0 radical (unpaired) electrons. The maximum atomic E-state index is 11.4. The van der Waals surface area contributed by atoms with E-state index in [2.05, 4.69) is 11.5 Å². The lowest BCUT2D eigenvalue weighted by molar-refractivity contribution is -0.152. The first-order chi connectivity index (χ1) is 7.64. The minimum Gasteiger partial charge on any atom is -0.481 e. The van der Waals surface area contributed by atoms with Crippen LogP contribution in [0, 0.1) is 5.41 Å². The SMILES string of the molecule is C=CC[C@]1(C(=O)O)CCCN(CCOC)C1. The summed E-state index contributed by atoms with van der Waals surface area (Å²) in [4.78, 5) is 13.6. The van der Waals surface area contributed by atoms with E-state index in [9.17, 15) is 9.90 Å². The summed E-state index contributed by atoms with van der Waals surface area (Å²) in [5, 5.41) is 9.36. The third-order valence-electron chi connectivity index (χ3n) is 3.26. The molecule has 16 heavy (non-hydrogen) atoms. The number of likely N-dealkylation sites (tertiary alicyclic amines) is 1. The van der Waals surface area contributed by atoms with Crippen molar-refractivity contribution in [2.75, 3.05) is 33.4 Å². The number of nitrogens with zero attached hydrogens (tertiary/aromatic N) is 1. The summed E-state index contributed by atoms with van der Waals surface area (Å²) in [6.45, 7) is 6.70. The van der Waals surface area contributed by atoms with Crippen molar-refractivity contribution in [2.24, 2.45) is 5.41 Å². The van der Waals surface area contributed by atoms with Gasteiger partial charge in [0.25, 0.3) is 0 Å². The number of hydrogen-bond donors (Lipinski definition) is 1. The molecule has 4 heteroatoms. The minimum atomic E-state index is -0.700. The van der Waals surface area contributed by atoms with Crippen LogP contribution in [0.4, 0.5) is 0 Å². The topological polar surface area (TPSA) is 49.8 Å². The van der Waals surface area contributed by atoms with Crippen LogP contribution >= 0.6 is 0 Å². The van der Waals surface area contributed by atoms with Gasteiger partial charge in [-0.05, 0) is 25.8 Å². The molecule has 0 bridgehead atoms. The van der Waals surface area contributed by atoms with Gasteiger partial charge >= 0.3 is 5.97 Å². The number of carboxylic acid groups (broad SMARTS) is 1. The maximum absolute atomic E-state index is 11.4. The fraction of sp³-hybridized carbons (Fsp3) is 0.750. The van der Waals surface area contributed by atoms with Crippen LogP contribution in [0.1, 0.15) is 19.3 Å². The van der Waals surface area contributed by atoms with Gasteiger partial charge in [0.2, 0.25) is 0 Å². The highest BCUT2D eigenvalue weighted by Crippen LogP contribution is 2.34. The van der Waals surface area contributed by atoms with E-state index in [1.54, 1.807) is 13.2 Å². The molecule has 1 fully saturated rings. The first-order valence-electron chi connectivity index (χ1n) is 5.70. The van der Waals surface area contributed by atoms with E-state index >= 15 is 0 Å². The first-order valence-corrected chi connectivity index (χ1v) is 5.70. The number of piperidine rings is 1. The van der Waals surface area contributed by atoms with Gasteiger partial charge in [-0.2, -0.15) is 0 Å². The van der Waals surface area contributed by atoms with Crippen molar-refractivity contribution in [3.8, 4) is 0 Å². The molecular weight excluding hydrogens is 206 g/mol. The quantitative estimate of drug-likeness (QED) is 0.696. The van der Waals surface area contributed by atoms with E-state index in [0.29, 0.717) is 19.6 Å². The van der Waals surface area contributed by atoms with E-state index in [0.717, 1.165) is 25.9 Å². The van der Waals surface area contributed by atoms with Crippen molar-refractivity contribution < 1.29 is 14.6 Å². The molecule has 1 aliphatic rings. The van der Waals surface area contributed by atoms with Crippen LogP contribution < -0.4 is 0 Å². The van der Waals surface area contributed by atoms with Crippen molar-refractivity contribution in [3.05, 3.63) is 12.7 Å². The normalized spacial score (nSPS) is 26.6. The molecule has 92 valence electrons. The highest BCUT2D eigenvalue weighted by molar-refractivity contribution is 5.75. The van der Waals surface area contributed by atoms with E-state index < -0.39 is 11.4 Å². The molecule has 1 saturated heterocycles. The van der Waals surface area contributed by atoms with Crippen molar-refractivity contribution >= 4 is 5.97 Å². The number of hydrogen-bond acceptors (Lipinski definition) is 3. The molecule has 0 spiro atoms. The molecule has 1 aliphatic heterocycles. The first kappa shape index (κ1) is 13.2. The summed E-state index contributed by atoms with van der Waals surface area (Å²) in [5.41, 5.74) is -0.631. The maximum Gasteiger partial charge on any atom is 0.311 e. The molecule has 0 aromatic rings. The highest BCUT2D eigenvalue weighted by Gasteiger charge is 2.40. The van der Waals surface area contributed by atoms with Crippen molar-refractivity contribution in [3.63, 3.8) is 0 Å². The number of carboxylic acids is 1. The van der Waals surface area contributed by atoms with Gasteiger partial charge in [-0.25, -0.2) is 0 Å². The molecule has 1 N–H and O–H groups in total. The zero-order valence-corrected chi connectivity index (χ0v) is 9.95. The highest BCUT2D eigenvalue weighted by atomic mass is 16.5. The number of ether oxygens (including phenoxy) is 1. The second-order valence-electron chi connectivity index (χ2n) is 4.45. The van der Waals surface area contributed by atoms with E-state index in [4.69, 9.17) is 4.74 Å². The Morgan fingerprint density at radius 1 is 1.69 bits per heavy atom. The Morgan fingerprint density at radius 3 is 3.00 bits per heavy atom. The number of methoxy groups -OCH3 is 1. The van der Waals surface area contributed by atoms with Gasteiger partial charge in [-0.3, -0.25) is 9.69 Å². The number of aliphatic carboxylic acids is 1. The Hall–Kier alpha value is -0.870. The van der Waals surface area contributed by atoms with Gasteiger partial charge in [-0.15, -0.1) is 6.58 Å². The minimum absolute atomic E-state index is 0.547. The van der Waals surface area contributed by atoms with Crippen molar-refractivity contribution in [2.45, 2.75) is 19.3 Å². The molecule has 0 aromatic carbocycles. The summed E-state index contributed by atoms with van der Waals surface area (Å²) in [5.74, 6) is -0.700. The number of allylic oxidation sites excluding steroid dienone is 1. The fourth-order valence-corrected chi connectivity index (χ4v) is 2.34. The predicted molar refractivity (Wildman–Crippen MR) is 62.4 cm³/mol. The molecular formula is C12H21NO3. The Morgan fingerprint density at radius 2 is 2.44 bits per heavy atom. The summed E-state index contributed by atoms with van der Waals surface area (Å²) in [6.07, 6.45) is 3.95. The summed E-state index contributed by atoms with van der Waals surface area (Å²) in [7, 11) is 1.66. The Balaban J connectivity index is 2.63. The van der Waals surface area contributed by atoms with Gasteiger partial charge in [0.05, 0.1) is 12.0 Å². The van der Waals surface area contributed by atoms with Crippen LogP contribution in [-0.4, -0.2) is 49.3 Å². The molecule has 0 unspecified atom stereocenters. The van der Waals surface area contributed by atoms with E-state index in [-0.39, 0.29) is 0 Å². The Bertz CT molecular complexity index is 255. The predicted octanol–water partition coefficient (Wildman–Crippen LogP) is 1.38. The Labute approximate surface area is 96.9 Å². The standard InChI is InChI=1S/C12H21NO3/c1-3-5-12(11(14)15)6-4-7-13(10-12)8-9-16-2/h3H,1,4-10H2,2H3,(H,14,15)/t12-/m0/s1. The molecule has 0 amide bonds. The van der Waals surface area contributed by atoms with Gasteiger partial charge in [0.1, 0.15) is 0 Å². The third-order valence-corrected chi connectivity index (χ3v) is 3.26. The van der Waals surface area contributed by atoms with Gasteiger partial charge in [0.15, 0.2) is 0 Å². The van der Waals surface area contributed by atoms with Crippen LogP contribution in [0.2, 0.25) is 0 Å². The Kier molecular flexibility index (Phi) is 4.96. The lowest BCUT2D eigenvalue weighted by atomic mass is 9.77. The monoisotopic (exact) mass is 227 g/mol. The molecule has 0 aromatic heterocycles. The second kappa shape index (κ2) is 6.01. The van der Waals surface area contributed by atoms with E-state index in [1.807, 2.05) is 0 Å². The zero-order chi connectivity index (χ0) is 12.0. The average molecular weight is 227 g/mol. The van der Waals surface area contributed by atoms with Crippen molar-refractivity contribution in [1.82, 2.24) is 4.90 Å². The summed E-state index contributed by atoms with van der Waals surface area (Å²) in [6, 6.07) is 0. The second-order valence-corrected chi connectivity index (χ2v) is 4.45. The third kappa shape index (κ3) is 3.06. The molecule has 0 saturated carbocycles. The van der Waals surface area contributed by atoms with Gasteiger partial charge in [-0.1, -0.05) is 6.08 Å². The fourth-order valence-electron chi connectivity index (χ4n) is 2.34. The lowest BCUT2D eigenvalue weighted by Crippen LogP contribution is -2.48. The zero-order valence-electron chi connectivity index (χ0n) is 9.95. The number of carbonyl (C=O) groups is 1. The van der Waals surface area contributed by atoms with E-state index in [1.165, 1.54) is 0 Å². The van der Waals surface area contributed by atoms with Crippen molar-refractivity contribution in [1.29, 1.82) is 0 Å². The summed E-state index contributed by atoms with van der Waals surface area (Å²) >= 11 is 0. The number of rotatable bonds is 6. The van der Waals surface area contributed by atoms with Gasteiger partial charge in [0, 0.05) is 20.2 Å². The lowest BCUT2D eigenvalue weighted by Gasteiger charge is -2.39. The summed E-state index contributed by atoms with van der Waals surface area (Å²) < 4.78 is 5.02. The molecule has 1 heterocycles. The van der Waals surface area contributed by atoms with Gasteiger partial charge < -0.3 is 9.84 Å². The van der Waals surface area contributed by atoms with Crippen LogP contribution in [0.25, 0.3) is 0 Å². The van der Waals surface area contributed by atoms with Crippen LogP contribution in [0.3, 0.4) is 0 Å². The molecule has 1 atom stereocenters. The molecule has 4 nitrogen and oxygen atoms in total. The van der Waals surface area contributed by atoms with Crippen LogP contribution in [0.15, 0.2) is 12.7 Å². The van der Waals surface area contributed by atoms with Crippen LogP contribution in [0.5, 0.6) is 0 Å². The smallest absolute Gasteiger partial charge is 0.311 e. The molecule has 0 aliphatic carbocycles. The van der Waals surface area contributed by atoms with Crippen LogP contribution in [-0.2, 0) is 9.53 Å².